The fourth-order valence-electron chi connectivity index (χ4n) is 3.81. The number of pyridine rings is 1. The van der Waals surface area contributed by atoms with Gasteiger partial charge >= 0.3 is 5.69 Å². The number of carbonyl (C=O) groups is 1. The second-order valence-corrected chi connectivity index (χ2v) is 7.54. The predicted molar refractivity (Wildman–Crippen MR) is 110 cm³/mol. The van der Waals surface area contributed by atoms with Crippen LogP contribution in [0.15, 0.2) is 15.7 Å². The summed E-state index contributed by atoms with van der Waals surface area (Å²) in [7, 11) is 1.78. The van der Waals surface area contributed by atoms with Crippen molar-refractivity contribution in [1.82, 2.24) is 24.8 Å². The van der Waals surface area contributed by atoms with Gasteiger partial charge in [0.2, 0.25) is 0 Å². The molecule has 4 rings (SSSR count). The Morgan fingerprint density at radius 3 is 2.68 bits per heavy atom. The number of aromatic nitrogens is 3. The molecule has 1 aliphatic heterocycles. The lowest BCUT2D eigenvalue weighted by molar-refractivity contribution is 0.0745. The molecule has 2 N–H and O–H groups in total. The maximum atomic E-state index is 13.3. The van der Waals surface area contributed by atoms with E-state index in [1.807, 2.05) is 6.92 Å². The Kier molecular flexibility index (Phi) is 5.90. The summed E-state index contributed by atoms with van der Waals surface area (Å²) in [6, 6.07) is 1.86. The summed E-state index contributed by atoms with van der Waals surface area (Å²) >= 11 is 0. The van der Waals surface area contributed by atoms with E-state index < -0.39 is 11.2 Å². The first kappa shape index (κ1) is 20.5. The van der Waals surface area contributed by atoms with E-state index in [9.17, 15) is 14.4 Å². The Labute approximate surface area is 168 Å². The van der Waals surface area contributed by atoms with Gasteiger partial charge < -0.3 is 10.2 Å². The van der Waals surface area contributed by atoms with Gasteiger partial charge in [-0.15, -0.1) is 12.4 Å². The Bertz CT molecular complexity index is 1010. The molecule has 0 radical (unpaired) electrons. The van der Waals surface area contributed by atoms with Crippen molar-refractivity contribution < 1.29 is 4.79 Å². The minimum atomic E-state index is -0.543. The third-order valence-corrected chi connectivity index (χ3v) is 5.54. The fraction of sp³-hybridized carbons (Fsp3) is 0.579. The van der Waals surface area contributed by atoms with Gasteiger partial charge in [0.15, 0.2) is 5.65 Å². The van der Waals surface area contributed by atoms with Crippen molar-refractivity contribution in [3.8, 4) is 0 Å². The number of aryl methyl sites for hydroxylation is 1. The van der Waals surface area contributed by atoms with E-state index in [0.29, 0.717) is 23.7 Å². The number of nitrogens with one attached hydrogen (secondary N) is 2. The third-order valence-electron chi connectivity index (χ3n) is 5.54. The van der Waals surface area contributed by atoms with E-state index in [1.165, 1.54) is 4.57 Å². The van der Waals surface area contributed by atoms with Crippen LogP contribution in [0.1, 0.15) is 54.6 Å². The lowest BCUT2D eigenvalue weighted by Crippen LogP contribution is -2.39. The zero-order valence-corrected chi connectivity index (χ0v) is 17.0. The summed E-state index contributed by atoms with van der Waals surface area (Å²) in [6.07, 6.45) is 3.66. The highest BCUT2D eigenvalue weighted by Crippen LogP contribution is 2.40. The standard InChI is InChI=1S/C19H25N5O3.ClH/c1-3-8-24-16-15(17(25)22-19(24)27)13(9-14(21-16)11-4-5-11)18(26)23(2)12-6-7-20-10-12;/h9,11-12,20H,3-8,10H2,1-2H3,(H,22,25,27);1H. The van der Waals surface area contributed by atoms with Gasteiger partial charge in [-0.05, 0) is 38.3 Å². The summed E-state index contributed by atoms with van der Waals surface area (Å²) in [4.78, 5) is 46.9. The molecule has 0 spiro atoms. The Hall–Kier alpha value is -2.19. The minimum absolute atomic E-state index is 0. The maximum Gasteiger partial charge on any atom is 0.329 e. The van der Waals surface area contributed by atoms with Gasteiger partial charge in [0, 0.05) is 37.8 Å². The molecule has 0 bridgehead atoms. The van der Waals surface area contributed by atoms with E-state index >= 15 is 0 Å². The number of halogens is 1. The van der Waals surface area contributed by atoms with Gasteiger partial charge in [0.05, 0.1) is 10.9 Å². The summed E-state index contributed by atoms with van der Waals surface area (Å²) in [5.41, 5.74) is 0.470. The maximum absolute atomic E-state index is 13.3. The Morgan fingerprint density at radius 1 is 1.32 bits per heavy atom. The smallest absolute Gasteiger partial charge is 0.329 e. The van der Waals surface area contributed by atoms with Crippen molar-refractivity contribution in [1.29, 1.82) is 0 Å². The van der Waals surface area contributed by atoms with Crippen molar-refractivity contribution >= 4 is 29.3 Å². The molecule has 152 valence electrons. The monoisotopic (exact) mass is 407 g/mol. The first-order valence-electron chi connectivity index (χ1n) is 9.67. The third kappa shape index (κ3) is 3.58. The molecule has 1 atom stereocenters. The largest absolute Gasteiger partial charge is 0.337 e. The highest BCUT2D eigenvalue weighted by atomic mass is 35.5. The number of likely N-dealkylation sites (N-methyl/N-ethyl adjacent to an activating group) is 1. The second-order valence-electron chi connectivity index (χ2n) is 7.54. The molecule has 8 nitrogen and oxygen atoms in total. The zero-order chi connectivity index (χ0) is 19.1. The molecular formula is C19H26ClN5O3. The molecule has 1 saturated carbocycles. The lowest BCUT2D eigenvalue weighted by Gasteiger charge is -2.24. The molecule has 9 heteroatoms. The first-order valence-corrected chi connectivity index (χ1v) is 9.67. The number of H-pyrrole nitrogens is 1. The normalized spacial score (nSPS) is 18.9. The number of carbonyl (C=O) groups excluding carboxylic acids is 1. The molecule has 1 unspecified atom stereocenters. The van der Waals surface area contributed by atoms with E-state index in [2.05, 4.69) is 15.3 Å². The van der Waals surface area contributed by atoms with Crippen LogP contribution in [0, 0.1) is 0 Å². The van der Waals surface area contributed by atoms with Crippen molar-refractivity contribution in [2.75, 3.05) is 20.1 Å². The molecule has 2 fully saturated rings. The molecule has 28 heavy (non-hydrogen) atoms. The second kappa shape index (κ2) is 8.05. The van der Waals surface area contributed by atoms with Crippen LogP contribution < -0.4 is 16.6 Å². The fourth-order valence-corrected chi connectivity index (χ4v) is 3.81. The zero-order valence-electron chi connectivity index (χ0n) is 16.2. The highest BCUT2D eigenvalue weighted by molar-refractivity contribution is 6.05. The predicted octanol–water partition coefficient (Wildman–Crippen LogP) is 1.23. The molecular weight excluding hydrogens is 382 g/mol. The molecule has 2 aromatic rings. The highest BCUT2D eigenvalue weighted by Gasteiger charge is 2.31. The van der Waals surface area contributed by atoms with Crippen molar-refractivity contribution in [3.05, 3.63) is 38.2 Å². The van der Waals surface area contributed by atoms with Gasteiger partial charge in [-0.3, -0.25) is 19.1 Å². The lowest BCUT2D eigenvalue weighted by atomic mass is 10.1. The van der Waals surface area contributed by atoms with Crippen molar-refractivity contribution in [3.63, 3.8) is 0 Å². The summed E-state index contributed by atoms with van der Waals surface area (Å²) in [5.74, 6) is 0.120. The van der Waals surface area contributed by atoms with Gasteiger partial charge in [-0.1, -0.05) is 6.92 Å². The van der Waals surface area contributed by atoms with Gasteiger partial charge in [0.1, 0.15) is 0 Å². The molecule has 1 amide bonds. The average molecular weight is 408 g/mol. The van der Waals surface area contributed by atoms with Crippen LogP contribution in [0.5, 0.6) is 0 Å². The number of aromatic amines is 1. The summed E-state index contributed by atoms with van der Waals surface area (Å²) in [5, 5.41) is 3.48. The van der Waals surface area contributed by atoms with E-state index in [1.54, 1.807) is 18.0 Å². The van der Waals surface area contributed by atoms with Crippen LogP contribution in [-0.4, -0.2) is 51.5 Å². The molecule has 1 saturated heterocycles. The molecule has 0 aromatic carbocycles. The summed E-state index contributed by atoms with van der Waals surface area (Å²) < 4.78 is 1.48. The Balaban J connectivity index is 0.00000225. The van der Waals surface area contributed by atoms with Crippen LogP contribution in [0.25, 0.3) is 11.0 Å². The van der Waals surface area contributed by atoms with E-state index in [4.69, 9.17) is 0 Å². The van der Waals surface area contributed by atoms with Crippen LogP contribution in [0.3, 0.4) is 0 Å². The molecule has 3 heterocycles. The molecule has 1 aliphatic carbocycles. The van der Waals surface area contributed by atoms with Crippen LogP contribution in [0.2, 0.25) is 0 Å². The number of rotatable bonds is 5. The quantitative estimate of drug-likeness (QED) is 0.776. The van der Waals surface area contributed by atoms with Gasteiger partial charge in [-0.25, -0.2) is 9.78 Å². The number of amides is 1. The SMILES string of the molecule is CCCn1c(=O)[nH]c(=O)c2c(C(=O)N(C)C3CCNC3)cc(C3CC3)nc21.Cl. The number of hydrogen-bond acceptors (Lipinski definition) is 5. The van der Waals surface area contributed by atoms with Crippen LogP contribution in [0.4, 0.5) is 0 Å². The number of hydrogen-bond donors (Lipinski definition) is 2. The van der Waals surface area contributed by atoms with Crippen molar-refractivity contribution in [2.45, 2.75) is 51.1 Å². The van der Waals surface area contributed by atoms with Gasteiger partial charge in [0.25, 0.3) is 11.5 Å². The summed E-state index contributed by atoms with van der Waals surface area (Å²) in [6.45, 7) is 4.03. The topological polar surface area (TPSA) is 100 Å². The number of nitrogens with zero attached hydrogens (tertiary/aromatic N) is 3. The van der Waals surface area contributed by atoms with Crippen LogP contribution in [-0.2, 0) is 6.54 Å². The number of fused-ring (bicyclic) bond motifs is 1. The first-order chi connectivity index (χ1) is 13.0. The molecule has 2 aromatic heterocycles. The van der Waals surface area contributed by atoms with Crippen LogP contribution >= 0.6 is 12.4 Å². The van der Waals surface area contributed by atoms with E-state index in [-0.39, 0.29) is 29.7 Å². The van der Waals surface area contributed by atoms with Gasteiger partial charge in [-0.2, -0.15) is 0 Å². The molecule has 2 aliphatic rings. The average Bonchev–Trinajstić information content (AvgIpc) is 3.37. The minimum Gasteiger partial charge on any atom is -0.337 e. The van der Waals surface area contributed by atoms with E-state index in [0.717, 1.165) is 44.5 Å². The van der Waals surface area contributed by atoms with Crippen molar-refractivity contribution in [2.24, 2.45) is 0 Å². The Morgan fingerprint density at radius 2 is 2.07 bits per heavy atom.